The van der Waals surface area contributed by atoms with Crippen molar-refractivity contribution in [1.29, 1.82) is 0 Å². The smallest absolute Gasteiger partial charge is 0.0979 e. The van der Waals surface area contributed by atoms with E-state index in [2.05, 4.69) is 41.5 Å². The molecule has 0 amide bonds. The Morgan fingerprint density at radius 1 is 1.25 bits per heavy atom. The van der Waals surface area contributed by atoms with Gasteiger partial charge in [0.15, 0.2) is 0 Å². The Balaban J connectivity index is 2.20. The zero-order chi connectivity index (χ0) is 11.4. The molecule has 0 unspecified atom stereocenters. The van der Waals surface area contributed by atoms with Crippen LogP contribution in [0.15, 0.2) is 30.5 Å². The van der Waals surface area contributed by atoms with E-state index in [1.165, 1.54) is 12.0 Å². The summed E-state index contributed by atoms with van der Waals surface area (Å²) in [6.07, 6.45) is 4.13. The molecule has 1 aromatic carbocycles. The molecule has 3 nitrogen and oxygen atoms in total. The number of nitrogens with zero attached hydrogens (tertiary/aromatic N) is 3. The van der Waals surface area contributed by atoms with Crippen LogP contribution in [0.5, 0.6) is 0 Å². The van der Waals surface area contributed by atoms with Crippen LogP contribution in [0.25, 0.3) is 5.69 Å². The number of hydrogen-bond donors (Lipinski definition) is 0. The maximum atomic E-state index is 5.68. The average molecular weight is 236 g/mol. The highest BCUT2D eigenvalue weighted by molar-refractivity contribution is 6.16. The number of halogens is 1. The Morgan fingerprint density at radius 3 is 2.56 bits per heavy atom. The van der Waals surface area contributed by atoms with Crippen molar-refractivity contribution in [3.8, 4) is 5.69 Å². The van der Waals surface area contributed by atoms with Crippen molar-refractivity contribution in [2.45, 2.75) is 25.6 Å². The SMILES string of the molecule is CCCc1ccc(-n2cc(CCl)nn2)cc1. The largest absolute Gasteiger partial charge is 0.220 e. The summed E-state index contributed by atoms with van der Waals surface area (Å²) in [5, 5.41) is 7.97. The number of alkyl halides is 1. The van der Waals surface area contributed by atoms with Crippen LogP contribution in [-0.2, 0) is 12.3 Å². The van der Waals surface area contributed by atoms with E-state index in [-0.39, 0.29) is 0 Å². The molecule has 0 N–H and O–H groups in total. The highest BCUT2D eigenvalue weighted by Gasteiger charge is 2.01. The summed E-state index contributed by atoms with van der Waals surface area (Å²) in [7, 11) is 0. The number of aryl methyl sites for hydroxylation is 1. The molecule has 0 aliphatic rings. The molecule has 0 atom stereocenters. The average Bonchev–Trinajstić information content (AvgIpc) is 2.79. The Morgan fingerprint density at radius 2 is 2.00 bits per heavy atom. The first-order valence-corrected chi connectivity index (χ1v) is 5.93. The van der Waals surface area contributed by atoms with Crippen molar-refractivity contribution in [2.24, 2.45) is 0 Å². The summed E-state index contributed by atoms with van der Waals surface area (Å²) < 4.78 is 1.74. The van der Waals surface area contributed by atoms with Crippen molar-refractivity contribution in [3.05, 3.63) is 41.7 Å². The summed E-state index contributed by atoms with van der Waals surface area (Å²) in [6, 6.07) is 8.36. The summed E-state index contributed by atoms with van der Waals surface area (Å²) in [5.41, 5.74) is 3.16. The van der Waals surface area contributed by atoms with Gasteiger partial charge in [-0.05, 0) is 24.1 Å². The predicted molar refractivity (Wildman–Crippen MR) is 64.9 cm³/mol. The third kappa shape index (κ3) is 2.42. The molecular weight excluding hydrogens is 222 g/mol. The van der Waals surface area contributed by atoms with E-state index in [0.29, 0.717) is 5.88 Å². The fraction of sp³-hybridized carbons (Fsp3) is 0.333. The third-order valence-electron chi connectivity index (χ3n) is 2.42. The van der Waals surface area contributed by atoms with Crippen molar-refractivity contribution in [1.82, 2.24) is 15.0 Å². The van der Waals surface area contributed by atoms with Gasteiger partial charge in [0.25, 0.3) is 0 Å². The zero-order valence-electron chi connectivity index (χ0n) is 9.23. The monoisotopic (exact) mass is 235 g/mol. The number of aromatic nitrogens is 3. The maximum Gasteiger partial charge on any atom is 0.0979 e. The van der Waals surface area contributed by atoms with Crippen LogP contribution in [0.1, 0.15) is 24.6 Å². The Hall–Kier alpha value is -1.35. The number of hydrogen-bond acceptors (Lipinski definition) is 2. The van der Waals surface area contributed by atoms with E-state index in [4.69, 9.17) is 11.6 Å². The van der Waals surface area contributed by atoms with E-state index < -0.39 is 0 Å². The minimum Gasteiger partial charge on any atom is -0.220 e. The standard InChI is InChI=1S/C12H14ClN3/c1-2-3-10-4-6-12(7-5-10)16-9-11(8-13)14-15-16/h4-7,9H,2-3,8H2,1H3. The number of rotatable bonds is 4. The fourth-order valence-corrected chi connectivity index (χ4v) is 1.71. The molecule has 0 saturated carbocycles. The third-order valence-corrected chi connectivity index (χ3v) is 2.69. The number of benzene rings is 1. The molecule has 0 bridgehead atoms. The molecule has 0 saturated heterocycles. The molecule has 0 spiro atoms. The molecule has 1 aromatic heterocycles. The lowest BCUT2D eigenvalue weighted by molar-refractivity contribution is 0.799. The van der Waals surface area contributed by atoms with Gasteiger partial charge in [-0.3, -0.25) is 0 Å². The lowest BCUT2D eigenvalue weighted by Gasteiger charge is -2.02. The van der Waals surface area contributed by atoms with Crippen molar-refractivity contribution >= 4 is 11.6 Å². The highest BCUT2D eigenvalue weighted by Crippen LogP contribution is 2.11. The first-order chi connectivity index (χ1) is 7.83. The van der Waals surface area contributed by atoms with Crippen LogP contribution < -0.4 is 0 Å². The zero-order valence-corrected chi connectivity index (χ0v) is 9.98. The van der Waals surface area contributed by atoms with Crippen LogP contribution >= 0.6 is 11.6 Å². The van der Waals surface area contributed by atoms with Crippen LogP contribution in [0.2, 0.25) is 0 Å². The molecule has 0 fully saturated rings. The molecule has 1 heterocycles. The van der Waals surface area contributed by atoms with Crippen molar-refractivity contribution < 1.29 is 0 Å². The second kappa shape index (κ2) is 5.12. The van der Waals surface area contributed by atoms with Gasteiger partial charge in [0, 0.05) is 0 Å². The molecule has 0 aliphatic heterocycles. The van der Waals surface area contributed by atoms with E-state index in [1.807, 2.05) is 6.20 Å². The first-order valence-electron chi connectivity index (χ1n) is 5.40. The summed E-state index contributed by atoms with van der Waals surface area (Å²) >= 11 is 5.68. The minimum atomic E-state index is 0.397. The van der Waals surface area contributed by atoms with Gasteiger partial charge in [-0.2, -0.15) is 0 Å². The van der Waals surface area contributed by atoms with E-state index in [1.54, 1.807) is 4.68 Å². The Bertz CT molecular complexity index is 448. The molecule has 0 aliphatic carbocycles. The van der Waals surface area contributed by atoms with E-state index in [9.17, 15) is 0 Å². The highest BCUT2D eigenvalue weighted by atomic mass is 35.5. The van der Waals surface area contributed by atoms with Gasteiger partial charge in [0.05, 0.1) is 23.5 Å². The Kier molecular flexibility index (Phi) is 3.57. The quantitative estimate of drug-likeness (QED) is 0.763. The predicted octanol–water partition coefficient (Wildman–Crippen LogP) is 2.96. The summed E-state index contributed by atoms with van der Waals surface area (Å²) in [4.78, 5) is 0. The second-order valence-corrected chi connectivity index (χ2v) is 3.97. The van der Waals surface area contributed by atoms with Gasteiger partial charge < -0.3 is 0 Å². The van der Waals surface area contributed by atoms with Crippen molar-refractivity contribution in [3.63, 3.8) is 0 Å². The molecule has 16 heavy (non-hydrogen) atoms. The first kappa shape index (κ1) is 11.1. The fourth-order valence-electron chi connectivity index (χ4n) is 1.59. The minimum absolute atomic E-state index is 0.397. The molecule has 2 aromatic rings. The molecule has 84 valence electrons. The van der Waals surface area contributed by atoms with Crippen LogP contribution in [0, 0.1) is 0 Å². The topological polar surface area (TPSA) is 30.7 Å². The summed E-state index contributed by atoms with van der Waals surface area (Å²) in [5.74, 6) is 0.397. The van der Waals surface area contributed by atoms with Gasteiger partial charge in [0.1, 0.15) is 0 Å². The molecule has 4 heteroatoms. The van der Waals surface area contributed by atoms with Crippen LogP contribution in [0.3, 0.4) is 0 Å². The normalized spacial score (nSPS) is 10.6. The van der Waals surface area contributed by atoms with Crippen molar-refractivity contribution in [2.75, 3.05) is 0 Å². The van der Waals surface area contributed by atoms with Gasteiger partial charge in [0.2, 0.25) is 0 Å². The Labute approximate surface area is 100 Å². The lowest BCUT2D eigenvalue weighted by Crippen LogP contribution is -1.95. The van der Waals surface area contributed by atoms with Crippen LogP contribution in [0.4, 0.5) is 0 Å². The van der Waals surface area contributed by atoms with Gasteiger partial charge in [-0.1, -0.05) is 30.7 Å². The summed E-state index contributed by atoms with van der Waals surface area (Å²) in [6.45, 7) is 2.18. The van der Waals surface area contributed by atoms with E-state index >= 15 is 0 Å². The van der Waals surface area contributed by atoms with Gasteiger partial charge in [-0.25, -0.2) is 4.68 Å². The molecule has 2 rings (SSSR count). The van der Waals surface area contributed by atoms with Crippen LogP contribution in [-0.4, -0.2) is 15.0 Å². The molecule has 0 radical (unpaired) electrons. The van der Waals surface area contributed by atoms with E-state index in [0.717, 1.165) is 17.8 Å². The van der Waals surface area contributed by atoms with Gasteiger partial charge >= 0.3 is 0 Å². The lowest BCUT2D eigenvalue weighted by atomic mass is 10.1. The van der Waals surface area contributed by atoms with Gasteiger partial charge in [-0.15, -0.1) is 16.7 Å². The maximum absolute atomic E-state index is 5.68. The second-order valence-electron chi connectivity index (χ2n) is 3.70. The molecular formula is C12H14ClN3.